The average molecular weight is 247 g/mol. The quantitative estimate of drug-likeness (QED) is 0.818. The fourth-order valence-corrected chi connectivity index (χ4v) is 2.99. The van der Waals surface area contributed by atoms with Gasteiger partial charge in [0.1, 0.15) is 5.82 Å². The molecular weight excluding hydrogens is 222 g/mol. The minimum Gasteiger partial charge on any atom is -0.363 e. The first-order valence-electron chi connectivity index (χ1n) is 7.01. The van der Waals surface area contributed by atoms with Crippen LogP contribution in [0.4, 0.5) is 5.82 Å². The molecule has 1 aromatic heterocycles. The second kappa shape index (κ2) is 5.70. The van der Waals surface area contributed by atoms with E-state index in [1.54, 1.807) is 0 Å². The monoisotopic (exact) mass is 247 g/mol. The van der Waals surface area contributed by atoms with Gasteiger partial charge in [-0.3, -0.25) is 4.90 Å². The fourth-order valence-electron chi connectivity index (χ4n) is 2.99. The van der Waals surface area contributed by atoms with Gasteiger partial charge in [-0.25, -0.2) is 4.98 Å². The number of hydrogen-bond acceptors (Lipinski definition) is 3. The summed E-state index contributed by atoms with van der Waals surface area (Å²) < 4.78 is 0. The first-order chi connectivity index (χ1) is 8.63. The van der Waals surface area contributed by atoms with E-state index in [0.29, 0.717) is 6.04 Å². The maximum absolute atomic E-state index is 4.62. The number of rotatable bonds is 3. The van der Waals surface area contributed by atoms with Crippen LogP contribution in [-0.2, 0) is 0 Å². The lowest BCUT2D eigenvalue weighted by Crippen LogP contribution is -2.33. The van der Waals surface area contributed by atoms with E-state index in [0.717, 1.165) is 12.4 Å². The Morgan fingerprint density at radius 2 is 2.17 bits per heavy atom. The zero-order valence-corrected chi connectivity index (χ0v) is 12.1. The Balaban J connectivity index is 2.24. The van der Waals surface area contributed by atoms with Crippen molar-refractivity contribution in [2.45, 2.75) is 39.2 Å². The van der Waals surface area contributed by atoms with Gasteiger partial charge in [0.25, 0.3) is 0 Å². The number of nitrogens with zero attached hydrogens (tertiary/aromatic N) is 3. The molecule has 1 fully saturated rings. The van der Waals surface area contributed by atoms with Crippen LogP contribution in [-0.4, -0.2) is 37.1 Å². The summed E-state index contributed by atoms with van der Waals surface area (Å²) in [5, 5.41) is 0. The van der Waals surface area contributed by atoms with Crippen LogP contribution in [0, 0.1) is 6.92 Å². The summed E-state index contributed by atoms with van der Waals surface area (Å²) in [6.45, 7) is 6.78. The molecule has 2 rings (SSSR count). The summed E-state index contributed by atoms with van der Waals surface area (Å²) in [7, 11) is 4.10. The summed E-state index contributed by atoms with van der Waals surface area (Å²) in [4.78, 5) is 9.28. The highest BCUT2D eigenvalue weighted by atomic mass is 15.2. The largest absolute Gasteiger partial charge is 0.363 e. The SMILES string of the molecule is CCN1CCCCC1c1cnc(N(C)C)c(C)c1. The van der Waals surface area contributed by atoms with Crippen molar-refractivity contribution in [1.82, 2.24) is 9.88 Å². The van der Waals surface area contributed by atoms with Crippen LogP contribution in [0.5, 0.6) is 0 Å². The van der Waals surface area contributed by atoms with E-state index >= 15 is 0 Å². The fraction of sp³-hybridized carbons (Fsp3) is 0.667. The van der Waals surface area contributed by atoms with Crippen molar-refractivity contribution in [1.29, 1.82) is 0 Å². The molecule has 0 spiro atoms. The van der Waals surface area contributed by atoms with Crippen LogP contribution in [0.3, 0.4) is 0 Å². The molecule has 1 aliphatic rings. The Hall–Kier alpha value is -1.09. The molecule has 2 heterocycles. The van der Waals surface area contributed by atoms with Gasteiger partial charge in [-0.2, -0.15) is 0 Å². The van der Waals surface area contributed by atoms with Crippen molar-refractivity contribution in [3.8, 4) is 0 Å². The van der Waals surface area contributed by atoms with E-state index in [-0.39, 0.29) is 0 Å². The van der Waals surface area contributed by atoms with E-state index in [9.17, 15) is 0 Å². The van der Waals surface area contributed by atoms with E-state index in [1.165, 1.54) is 36.9 Å². The van der Waals surface area contributed by atoms with Crippen LogP contribution in [0.2, 0.25) is 0 Å². The smallest absolute Gasteiger partial charge is 0.130 e. The van der Waals surface area contributed by atoms with Gasteiger partial charge >= 0.3 is 0 Å². The van der Waals surface area contributed by atoms with Gasteiger partial charge in [0.05, 0.1) is 0 Å². The van der Waals surface area contributed by atoms with Gasteiger partial charge in [-0.15, -0.1) is 0 Å². The topological polar surface area (TPSA) is 19.4 Å². The molecule has 3 nitrogen and oxygen atoms in total. The lowest BCUT2D eigenvalue weighted by atomic mass is 9.95. The number of likely N-dealkylation sites (tertiary alicyclic amines) is 1. The predicted octanol–water partition coefficient (Wildman–Crippen LogP) is 3.00. The summed E-state index contributed by atoms with van der Waals surface area (Å²) in [6, 6.07) is 2.90. The molecular formula is C15H25N3. The van der Waals surface area contributed by atoms with E-state index in [1.807, 2.05) is 14.1 Å². The molecule has 1 aliphatic heterocycles. The van der Waals surface area contributed by atoms with Gasteiger partial charge in [0.2, 0.25) is 0 Å². The highest BCUT2D eigenvalue weighted by Crippen LogP contribution is 2.31. The number of piperidine rings is 1. The molecule has 1 saturated heterocycles. The molecule has 0 aliphatic carbocycles. The van der Waals surface area contributed by atoms with Gasteiger partial charge in [0.15, 0.2) is 0 Å². The Morgan fingerprint density at radius 1 is 1.39 bits per heavy atom. The van der Waals surface area contributed by atoms with E-state index in [2.05, 4.69) is 40.9 Å². The highest BCUT2D eigenvalue weighted by molar-refractivity contribution is 5.46. The molecule has 0 saturated carbocycles. The molecule has 0 bridgehead atoms. The standard InChI is InChI=1S/C15H25N3/c1-5-18-9-7-6-8-14(18)13-10-12(2)15(16-11-13)17(3)4/h10-11,14H,5-9H2,1-4H3. The minimum atomic E-state index is 0.575. The second-order valence-corrected chi connectivity index (χ2v) is 5.44. The van der Waals surface area contributed by atoms with Crippen molar-refractivity contribution in [2.75, 3.05) is 32.1 Å². The van der Waals surface area contributed by atoms with Crippen molar-refractivity contribution in [3.05, 3.63) is 23.4 Å². The minimum absolute atomic E-state index is 0.575. The van der Waals surface area contributed by atoms with E-state index < -0.39 is 0 Å². The lowest BCUT2D eigenvalue weighted by molar-refractivity contribution is 0.157. The molecule has 18 heavy (non-hydrogen) atoms. The van der Waals surface area contributed by atoms with Crippen LogP contribution in [0.25, 0.3) is 0 Å². The van der Waals surface area contributed by atoms with Gasteiger partial charge in [0, 0.05) is 26.3 Å². The third-order valence-corrected chi connectivity index (χ3v) is 3.90. The molecule has 0 N–H and O–H groups in total. The normalized spacial score (nSPS) is 21.0. The first-order valence-corrected chi connectivity index (χ1v) is 7.01. The first kappa shape index (κ1) is 13.3. The lowest BCUT2D eigenvalue weighted by Gasteiger charge is -2.35. The van der Waals surface area contributed by atoms with Crippen LogP contribution in [0.15, 0.2) is 12.3 Å². The van der Waals surface area contributed by atoms with Gasteiger partial charge in [-0.05, 0) is 50.0 Å². The van der Waals surface area contributed by atoms with Crippen LogP contribution < -0.4 is 4.90 Å². The second-order valence-electron chi connectivity index (χ2n) is 5.44. The summed E-state index contributed by atoms with van der Waals surface area (Å²) in [5.74, 6) is 1.08. The van der Waals surface area contributed by atoms with Crippen LogP contribution in [0.1, 0.15) is 43.4 Å². The molecule has 0 radical (unpaired) electrons. The Bertz CT molecular complexity index is 401. The molecule has 1 atom stereocenters. The van der Waals surface area contributed by atoms with Gasteiger partial charge < -0.3 is 4.90 Å². The maximum atomic E-state index is 4.62. The zero-order valence-electron chi connectivity index (χ0n) is 12.1. The van der Waals surface area contributed by atoms with Crippen molar-refractivity contribution in [2.24, 2.45) is 0 Å². The predicted molar refractivity (Wildman–Crippen MR) is 77.1 cm³/mol. The van der Waals surface area contributed by atoms with Crippen molar-refractivity contribution >= 4 is 5.82 Å². The summed E-state index contributed by atoms with van der Waals surface area (Å²) in [5.41, 5.74) is 2.67. The Kier molecular flexibility index (Phi) is 4.23. The number of aryl methyl sites for hydroxylation is 1. The van der Waals surface area contributed by atoms with Crippen molar-refractivity contribution < 1.29 is 0 Å². The Morgan fingerprint density at radius 3 is 2.78 bits per heavy atom. The molecule has 0 aromatic carbocycles. The number of anilines is 1. The van der Waals surface area contributed by atoms with E-state index in [4.69, 9.17) is 0 Å². The van der Waals surface area contributed by atoms with Crippen molar-refractivity contribution in [3.63, 3.8) is 0 Å². The third kappa shape index (κ3) is 2.66. The zero-order chi connectivity index (χ0) is 13.1. The average Bonchev–Trinajstić information content (AvgIpc) is 2.38. The Labute approximate surface area is 111 Å². The summed E-state index contributed by atoms with van der Waals surface area (Å²) >= 11 is 0. The summed E-state index contributed by atoms with van der Waals surface area (Å²) in [6.07, 6.45) is 6.03. The third-order valence-electron chi connectivity index (χ3n) is 3.90. The molecule has 100 valence electrons. The molecule has 3 heteroatoms. The van der Waals surface area contributed by atoms with Crippen LogP contribution >= 0.6 is 0 Å². The maximum Gasteiger partial charge on any atom is 0.130 e. The number of pyridine rings is 1. The molecule has 1 aromatic rings. The molecule has 1 unspecified atom stereocenters. The highest BCUT2D eigenvalue weighted by Gasteiger charge is 2.23. The number of aromatic nitrogens is 1. The van der Waals surface area contributed by atoms with Gasteiger partial charge in [-0.1, -0.05) is 13.3 Å². The number of hydrogen-bond donors (Lipinski definition) is 0. The molecule has 0 amide bonds.